The van der Waals surface area contributed by atoms with Gasteiger partial charge in [0.15, 0.2) is 11.9 Å². The number of ketones is 1. The quantitative estimate of drug-likeness (QED) is 0.531. The number of furan rings is 1. The van der Waals surface area contributed by atoms with Crippen LogP contribution < -0.4 is 19.7 Å². The molecule has 2 amide bonds. The molecule has 0 radical (unpaired) electrons. The van der Waals surface area contributed by atoms with Gasteiger partial charge < -0.3 is 19.2 Å². The highest BCUT2D eigenvalue weighted by atomic mass is 16.5. The lowest BCUT2D eigenvalue weighted by Crippen LogP contribution is -2.49. The molecule has 0 aliphatic carbocycles. The molecule has 2 heterocycles. The summed E-state index contributed by atoms with van der Waals surface area (Å²) in [5.41, 5.74) is 1.57. The van der Waals surface area contributed by atoms with Crippen molar-refractivity contribution in [3.05, 3.63) is 77.7 Å². The molecule has 1 atom stereocenters. The Morgan fingerprint density at radius 2 is 1.97 bits per heavy atom. The van der Waals surface area contributed by atoms with Gasteiger partial charge in [-0.15, -0.1) is 0 Å². The van der Waals surface area contributed by atoms with E-state index in [1.807, 2.05) is 31.2 Å². The number of anilines is 1. The molecule has 0 unspecified atom stereocenters. The van der Waals surface area contributed by atoms with Crippen LogP contribution in [0.3, 0.4) is 0 Å². The van der Waals surface area contributed by atoms with E-state index in [0.29, 0.717) is 29.2 Å². The number of ether oxygens (including phenoxy) is 2. The fraction of sp³-hybridized carbons (Fsp3) is 0.240. The van der Waals surface area contributed by atoms with Crippen molar-refractivity contribution in [3.63, 3.8) is 0 Å². The van der Waals surface area contributed by atoms with Crippen LogP contribution in [0.4, 0.5) is 5.69 Å². The maximum Gasteiger partial charge on any atom is 0.268 e. The highest BCUT2D eigenvalue weighted by Crippen LogP contribution is 2.36. The molecule has 1 aromatic heterocycles. The van der Waals surface area contributed by atoms with Crippen LogP contribution in [0, 0.1) is 0 Å². The number of benzene rings is 2. The second kappa shape index (κ2) is 9.60. The fourth-order valence-electron chi connectivity index (χ4n) is 3.62. The van der Waals surface area contributed by atoms with Crippen LogP contribution in [0.2, 0.25) is 0 Å². The van der Waals surface area contributed by atoms with Crippen LogP contribution in [0.1, 0.15) is 35.0 Å². The van der Waals surface area contributed by atoms with E-state index in [1.54, 1.807) is 37.4 Å². The van der Waals surface area contributed by atoms with Gasteiger partial charge in [-0.1, -0.05) is 19.1 Å². The van der Waals surface area contributed by atoms with Gasteiger partial charge in [-0.25, -0.2) is 0 Å². The summed E-state index contributed by atoms with van der Waals surface area (Å²) in [6.45, 7) is 1.92. The lowest BCUT2D eigenvalue weighted by Gasteiger charge is -2.34. The monoisotopic (exact) mass is 448 g/mol. The predicted octanol–water partition coefficient (Wildman–Crippen LogP) is 3.34. The molecule has 0 fully saturated rings. The maximum atomic E-state index is 13.0. The molecule has 4 rings (SSSR count). The van der Waals surface area contributed by atoms with Gasteiger partial charge in [-0.05, 0) is 54.4 Å². The molecule has 0 spiro atoms. The van der Waals surface area contributed by atoms with Crippen LogP contribution >= 0.6 is 0 Å². The standard InChI is InChI=1S/C25H24N2O6/c1-3-20-25(30)27(15-23(28)26-14-16-6-4-7-18(12-16)31-2)19-13-17(9-10-21(19)33-20)24(29)22-8-5-11-32-22/h4-13,20H,3,14-15H2,1-2H3,(H,26,28)/t20-/m1/s1. The number of rotatable bonds is 8. The summed E-state index contributed by atoms with van der Waals surface area (Å²) in [4.78, 5) is 39.8. The SMILES string of the molecule is CC[C@H]1Oc2ccc(C(=O)c3ccco3)cc2N(CC(=O)NCc2cccc(OC)c2)C1=O. The zero-order valence-electron chi connectivity index (χ0n) is 18.4. The van der Waals surface area contributed by atoms with E-state index in [4.69, 9.17) is 13.9 Å². The number of hydrogen-bond acceptors (Lipinski definition) is 6. The van der Waals surface area contributed by atoms with Gasteiger partial charge >= 0.3 is 0 Å². The minimum absolute atomic E-state index is 0.187. The summed E-state index contributed by atoms with van der Waals surface area (Å²) < 4.78 is 16.2. The predicted molar refractivity (Wildman–Crippen MR) is 120 cm³/mol. The molecule has 0 saturated carbocycles. The van der Waals surface area contributed by atoms with Gasteiger partial charge in [0.25, 0.3) is 5.91 Å². The fourth-order valence-corrected chi connectivity index (χ4v) is 3.62. The highest BCUT2D eigenvalue weighted by Gasteiger charge is 2.35. The van der Waals surface area contributed by atoms with Crippen LogP contribution in [-0.2, 0) is 16.1 Å². The van der Waals surface area contributed by atoms with Gasteiger partial charge in [0.2, 0.25) is 11.7 Å². The van der Waals surface area contributed by atoms with Gasteiger partial charge in [0, 0.05) is 12.1 Å². The van der Waals surface area contributed by atoms with Crippen molar-refractivity contribution >= 4 is 23.3 Å². The molecule has 33 heavy (non-hydrogen) atoms. The molecule has 1 aliphatic rings. The zero-order valence-corrected chi connectivity index (χ0v) is 18.4. The normalized spacial score (nSPS) is 14.9. The van der Waals surface area contributed by atoms with Crippen LogP contribution in [0.15, 0.2) is 65.3 Å². The van der Waals surface area contributed by atoms with Gasteiger partial charge in [-0.2, -0.15) is 0 Å². The second-order valence-electron chi connectivity index (χ2n) is 7.56. The first-order chi connectivity index (χ1) is 16.0. The first-order valence-corrected chi connectivity index (χ1v) is 10.6. The number of carbonyl (C=O) groups excluding carboxylic acids is 3. The Balaban J connectivity index is 1.55. The topological polar surface area (TPSA) is 98.1 Å². The van der Waals surface area contributed by atoms with Crippen LogP contribution in [0.5, 0.6) is 11.5 Å². The molecule has 2 aromatic carbocycles. The van der Waals surface area contributed by atoms with Crippen LogP contribution in [-0.4, -0.2) is 37.4 Å². The van der Waals surface area contributed by atoms with Gasteiger partial charge in [0.05, 0.1) is 19.1 Å². The van der Waals surface area contributed by atoms with Crippen molar-refractivity contribution in [1.82, 2.24) is 5.32 Å². The van der Waals surface area contributed by atoms with Gasteiger partial charge in [0.1, 0.15) is 18.0 Å². The summed E-state index contributed by atoms with van der Waals surface area (Å²) >= 11 is 0. The lowest BCUT2D eigenvalue weighted by molar-refractivity contribution is -0.129. The largest absolute Gasteiger partial charge is 0.497 e. The molecule has 3 aromatic rings. The summed E-state index contributed by atoms with van der Waals surface area (Å²) in [7, 11) is 1.58. The third kappa shape index (κ3) is 4.74. The number of nitrogens with zero attached hydrogens (tertiary/aromatic N) is 1. The Labute approximate surface area is 191 Å². The summed E-state index contributed by atoms with van der Waals surface area (Å²) in [6.07, 6.45) is 1.17. The molecule has 8 heteroatoms. The second-order valence-corrected chi connectivity index (χ2v) is 7.56. The molecule has 1 aliphatic heterocycles. The van der Waals surface area contributed by atoms with Crippen molar-refractivity contribution in [2.45, 2.75) is 26.0 Å². The van der Waals surface area contributed by atoms with Crippen LogP contribution in [0.25, 0.3) is 0 Å². The Bertz CT molecular complexity index is 1170. The van der Waals surface area contributed by atoms with Crippen molar-refractivity contribution < 1.29 is 28.3 Å². The van der Waals surface area contributed by atoms with E-state index in [9.17, 15) is 14.4 Å². The third-order valence-electron chi connectivity index (χ3n) is 5.36. The molecular weight excluding hydrogens is 424 g/mol. The summed E-state index contributed by atoms with van der Waals surface area (Å²) in [6, 6.07) is 15.4. The molecule has 1 N–H and O–H groups in total. The van der Waals surface area contributed by atoms with E-state index in [-0.39, 0.29) is 36.4 Å². The zero-order chi connectivity index (χ0) is 23.4. The number of methoxy groups -OCH3 is 1. The molecule has 8 nitrogen and oxygen atoms in total. The molecule has 170 valence electrons. The minimum atomic E-state index is -0.699. The maximum absolute atomic E-state index is 13.0. The molecule has 0 bridgehead atoms. The first kappa shape index (κ1) is 22.1. The minimum Gasteiger partial charge on any atom is -0.497 e. The average Bonchev–Trinajstić information content (AvgIpc) is 3.38. The third-order valence-corrected chi connectivity index (χ3v) is 5.36. The molecule has 0 saturated heterocycles. The Hall–Kier alpha value is -4.07. The Kier molecular flexibility index (Phi) is 6.44. The first-order valence-electron chi connectivity index (χ1n) is 10.6. The number of carbonyl (C=O) groups is 3. The number of hydrogen-bond donors (Lipinski definition) is 1. The highest BCUT2D eigenvalue weighted by molar-refractivity contribution is 6.10. The van der Waals surface area contributed by atoms with E-state index in [1.165, 1.54) is 11.2 Å². The van der Waals surface area contributed by atoms with Crippen molar-refractivity contribution in [3.8, 4) is 11.5 Å². The number of amides is 2. The van der Waals surface area contributed by atoms with E-state index < -0.39 is 6.10 Å². The van der Waals surface area contributed by atoms with E-state index >= 15 is 0 Å². The molecular formula is C25H24N2O6. The Morgan fingerprint density at radius 1 is 1.12 bits per heavy atom. The number of nitrogens with one attached hydrogen (secondary N) is 1. The average molecular weight is 448 g/mol. The summed E-state index contributed by atoms with van der Waals surface area (Å²) in [5.74, 6) is 0.333. The smallest absolute Gasteiger partial charge is 0.268 e. The lowest BCUT2D eigenvalue weighted by atomic mass is 10.0. The van der Waals surface area contributed by atoms with Crippen molar-refractivity contribution in [2.24, 2.45) is 0 Å². The number of fused-ring (bicyclic) bond motifs is 1. The van der Waals surface area contributed by atoms with Crippen molar-refractivity contribution in [2.75, 3.05) is 18.6 Å². The van der Waals surface area contributed by atoms with E-state index in [2.05, 4.69) is 5.32 Å². The summed E-state index contributed by atoms with van der Waals surface area (Å²) in [5, 5.41) is 2.83. The van der Waals surface area contributed by atoms with E-state index in [0.717, 1.165) is 5.56 Å². The Morgan fingerprint density at radius 3 is 2.70 bits per heavy atom. The van der Waals surface area contributed by atoms with Gasteiger partial charge in [-0.3, -0.25) is 19.3 Å². The van der Waals surface area contributed by atoms with Crippen molar-refractivity contribution in [1.29, 1.82) is 0 Å².